The van der Waals surface area contributed by atoms with Crippen molar-refractivity contribution in [2.24, 2.45) is 0 Å². The van der Waals surface area contributed by atoms with E-state index in [0.29, 0.717) is 5.02 Å². The van der Waals surface area contributed by atoms with E-state index in [2.05, 4.69) is 10.2 Å². The molecule has 0 unspecified atom stereocenters. The van der Waals surface area contributed by atoms with E-state index in [0.717, 1.165) is 0 Å². The lowest BCUT2D eigenvalue weighted by atomic mass is 10.4. The maximum absolute atomic E-state index is 10.7. The van der Waals surface area contributed by atoms with Crippen molar-refractivity contribution in [1.82, 2.24) is 14.6 Å². The van der Waals surface area contributed by atoms with Crippen molar-refractivity contribution in [3.8, 4) is 0 Å². The third kappa shape index (κ3) is 1.30. The molecule has 1 N–H and O–H groups in total. The zero-order valence-corrected chi connectivity index (χ0v) is 8.12. The van der Waals surface area contributed by atoms with Crippen molar-refractivity contribution in [1.29, 1.82) is 0 Å². The Bertz CT molecular complexity index is 523. The van der Waals surface area contributed by atoms with Gasteiger partial charge < -0.3 is 5.11 Å². The second-order valence-corrected chi connectivity index (χ2v) is 3.37. The molecule has 0 fully saturated rings. The van der Waals surface area contributed by atoms with Crippen LogP contribution < -0.4 is 0 Å². The van der Waals surface area contributed by atoms with Gasteiger partial charge in [0.2, 0.25) is 5.82 Å². The molecule has 0 aliphatic carbocycles. The van der Waals surface area contributed by atoms with Crippen LogP contribution in [0.2, 0.25) is 10.0 Å². The highest BCUT2D eigenvalue weighted by atomic mass is 35.5. The highest BCUT2D eigenvalue weighted by Crippen LogP contribution is 2.21. The molecular formula is C7H3Cl2N3O2. The molecule has 72 valence electrons. The number of hydrogen-bond acceptors (Lipinski definition) is 3. The smallest absolute Gasteiger partial charge is 0.374 e. The summed E-state index contributed by atoms with van der Waals surface area (Å²) in [6, 6.07) is 1.47. The highest BCUT2D eigenvalue weighted by molar-refractivity contribution is 6.36. The maximum atomic E-state index is 10.7. The Labute approximate surface area is 87.9 Å². The van der Waals surface area contributed by atoms with Crippen molar-refractivity contribution in [3.05, 3.63) is 28.1 Å². The van der Waals surface area contributed by atoms with E-state index in [1.807, 2.05) is 0 Å². The fourth-order valence-electron chi connectivity index (χ4n) is 1.07. The Morgan fingerprint density at radius 2 is 2.14 bits per heavy atom. The van der Waals surface area contributed by atoms with E-state index in [1.165, 1.54) is 16.7 Å². The molecule has 2 aromatic rings. The zero-order chi connectivity index (χ0) is 10.3. The van der Waals surface area contributed by atoms with Gasteiger partial charge in [-0.15, -0.1) is 10.2 Å². The molecule has 2 heterocycles. The van der Waals surface area contributed by atoms with Gasteiger partial charge in [0.1, 0.15) is 0 Å². The summed E-state index contributed by atoms with van der Waals surface area (Å²) in [7, 11) is 0. The van der Waals surface area contributed by atoms with Gasteiger partial charge >= 0.3 is 5.97 Å². The Hall–Kier alpha value is -1.33. The van der Waals surface area contributed by atoms with Gasteiger partial charge in [-0.3, -0.25) is 4.40 Å². The van der Waals surface area contributed by atoms with Crippen LogP contribution in [0.15, 0.2) is 12.3 Å². The first-order chi connectivity index (χ1) is 6.59. The number of aromatic carboxylic acids is 1. The van der Waals surface area contributed by atoms with Gasteiger partial charge in [-0.2, -0.15) is 0 Å². The number of fused-ring (bicyclic) bond motifs is 1. The minimum Gasteiger partial charge on any atom is -0.475 e. The van der Waals surface area contributed by atoms with Crippen molar-refractivity contribution in [2.75, 3.05) is 0 Å². The summed E-state index contributed by atoms with van der Waals surface area (Å²) < 4.78 is 1.23. The molecule has 7 heteroatoms. The van der Waals surface area contributed by atoms with E-state index < -0.39 is 5.97 Å². The summed E-state index contributed by atoms with van der Waals surface area (Å²) in [6.07, 6.45) is 1.40. The first kappa shape index (κ1) is 9.23. The molecule has 2 rings (SSSR count). The van der Waals surface area contributed by atoms with Crippen LogP contribution in [0.3, 0.4) is 0 Å². The molecule has 2 aromatic heterocycles. The summed E-state index contributed by atoms with van der Waals surface area (Å²) in [5.41, 5.74) is 0.272. The fraction of sp³-hybridized carbons (Fsp3) is 0. The molecule has 0 radical (unpaired) electrons. The van der Waals surface area contributed by atoms with Crippen LogP contribution in [0.1, 0.15) is 10.6 Å². The van der Waals surface area contributed by atoms with E-state index >= 15 is 0 Å². The van der Waals surface area contributed by atoms with Crippen molar-refractivity contribution in [3.63, 3.8) is 0 Å². The van der Waals surface area contributed by atoms with Crippen LogP contribution >= 0.6 is 23.2 Å². The molecule has 0 bridgehead atoms. The minimum absolute atomic E-state index is 0.218. The largest absolute Gasteiger partial charge is 0.475 e. The van der Waals surface area contributed by atoms with Crippen molar-refractivity contribution >= 4 is 34.8 Å². The van der Waals surface area contributed by atoms with Gasteiger partial charge in [0.05, 0.1) is 10.0 Å². The SMILES string of the molecule is O=C(O)c1nnc2c(Cl)cc(Cl)cn12. The summed E-state index contributed by atoms with van der Waals surface area (Å²) >= 11 is 11.5. The molecule has 14 heavy (non-hydrogen) atoms. The zero-order valence-electron chi connectivity index (χ0n) is 6.61. The van der Waals surface area contributed by atoms with Gasteiger partial charge in [-0.25, -0.2) is 4.79 Å². The number of pyridine rings is 1. The lowest BCUT2D eigenvalue weighted by Crippen LogP contribution is -2.03. The summed E-state index contributed by atoms with van der Waals surface area (Å²) in [4.78, 5) is 10.7. The second-order valence-electron chi connectivity index (χ2n) is 2.53. The quantitative estimate of drug-likeness (QED) is 0.812. The van der Waals surface area contributed by atoms with Gasteiger partial charge in [0.25, 0.3) is 0 Å². The van der Waals surface area contributed by atoms with E-state index in [4.69, 9.17) is 28.3 Å². The topological polar surface area (TPSA) is 67.5 Å². The van der Waals surface area contributed by atoms with Crippen LogP contribution in [0, 0.1) is 0 Å². The Morgan fingerprint density at radius 3 is 2.79 bits per heavy atom. The number of rotatable bonds is 1. The molecule has 0 aromatic carbocycles. The predicted molar refractivity (Wildman–Crippen MR) is 50.0 cm³/mol. The monoisotopic (exact) mass is 231 g/mol. The maximum Gasteiger partial charge on any atom is 0.374 e. The van der Waals surface area contributed by atoms with E-state index in [-0.39, 0.29) is 16.5 Å². The number of carboxylic acids is 1. The van der Waals surface area contributed by atoms with Crippen LogP contribution in [-0.4, -0.2) is 25.7 Å². The Morgan fingerprint density at radius 1 is 1.43 bits per heavy atom. The van der Waals surface area contributed by atoms with Crippen molar-refractivity contribution < 1.29 is 9.90 Å². The molecule has 0 aliphatic rings. The van der Waals surface area contributed by atoms with E-state index in [1.54, 1.807) is 0 Å². The first-order valence-electron chi connectivity index (χ1n) is 3.52. The van der Waals surface area contributed by atoms with Gasteiger partial charge in [-0.1, -0.05) is 23.2 Å². The molecule has 0 spiro atoms. The average Bonchev–Trinajstić information content (AvgIpc) is 2.47. The summed E-state index contributed by atoms with van der Waals surface area (Å²) in [6.45, 7) is 0. The van der Waals surface area contributed by atoms with E-state index in [9.17, 15) is 4.79 Å². The minimum atomic E-state index is -1.18. The van der Waals surface area contributed by atoms with Gasteiger partial charge in [-0.05, 0) is 6.07 Å². The molecule has 0 amide bonds. The molecule has 0 saturated carbocycles. The summed E-state index contributed by atoms with van der Waals surface area (Å²) in [5.74, 6) is -1.40. The molecule has 0 aliphatic heterocycles. The Kier molecular flexibility index (Phi) is 2.05. The van der Waals surface area contributed by atoms with Crippen molar-refractivity contribution in [2.45, 2.75) is 0 Å². The van der Waals surface area contributed by atoms with Gasteiger partial charge in [0, 0.05) is 6.20 Å². The number of aromatic nitrogens is 3. The number of nitrogens with zero attached hydrogens (tertiary/aromatic N) is 3. The Balaban J connectivity index is 2.85. The second kappa shape index (κ2) is 3.11. The van der Waals surface area contributed by atoms with Crippen LogP contribution in [0.4, 0.5) is 0 Å². The first-order valence-corrected chi connectivity index (χ1v) is 4.28. The van der Waals surface area contributed by atoms with Crippen LogP contribution in [-0.2, 0) is 0 Å². The number of carboxylic acid groups (broad SMARTS) is 1. The lowest BCUT2D eigenvalue weighted by molar-refractivity contribution is 0.0682. The predicted octanol–water partition coefficient (Wildman–Crippen LogP) is 1.73. The van der Waals surface area contributed by atoms with Gasteiger partial charge in [0.15, 0.2) is 5.65 Å². The average molecular weight is 232 g/mol. The summed E-state index contributed by atoms with van der Waals surface area (Å²) in [5, 5.41) is 16.4. The lowest BCUT2D eigenvalue weighted by Gasteiger charge is -1.97. The number of carbonyl (C=O) groups is 1. The number of halogens is 2. The molecule has 5 nitrogen and oxygen atoms in total. The third-order valence-electron chi connectivity index (χ3n) is 1.62. The van der Waals surface area contributed by atoms with Crippen LogP contribution in [0.5, 0.6) is 0 Å². The standard InChI is InChI=1S/C7H3Cl2N3O2/c8-3-1-4(9)5-10-11-6(7(13)14)12(5)2-3/h1-2H,(H,13,14). The third-order valence-corrected chi connectivity index (χ3v) is 2.10. The highest BCUT2D eigenvalue weighted by Gasteiger charge is 2.14. The normalized spacial score (nSPS) is 10.7. The molecule has 0 atom stereocenters. The fourth-order valence-corrected chi connectivity index (χ4v) is 1.58. The molecular weight excluding hydrogens is 229 g/mol. The molecule has 0 saturated heterocycles. The van der Waals surface area contributed by atoms with Crippen LogP contribution in [0.25, 0.3) is 5.65 Å². The number of hydrogen-bond donors (Lipinski definition) is 1.